The molecule has 0 amide bonds. The van der Waals surface area contributed by atoms with Gasteiger partial charge in [0.2, 0.25) is 0 Å². The number of aliphatic carboxylic acids is 1. The summed E-state index contributed by atoms with van der Waals surface area (Å²) in [6.45, 7) is 0. The van der Waals surface area contributed by atoms with Crippen LogP contribution in [0.1, 0.15) is 31.5 Å². The monoisotopic (exact) mass is 272 g/mol. The molecule has 3 rings (SSSR count). The zero-order valence-electron chi connectivity index (χ0n) is 11.7. The van der Waals surface area contributed by atoms with Gasteiger partial charge in [-0.3, -0.25) is 4.79 Å². The Morgan fingerprint density at radius 1 is 1.35 bits per heavy atom. The molecule has 1 N–H and O–H groups in total. The fourth-order valence-electron chi connectivity index (χ4n) is 3.39. The van der Waals surface area contributed by atoms with Crippen molar-refractivity contribution >= 4 is 17.0 Å². The first-order chi connectivity index (χ1) is 9.66. The van der Waals surface area contributed by atoms with E-state index >= 15 is 0 Å². The molecule has 1 aliphatic carbocycles. The topological polar surface area (TPSA) is 55.1 Å². The maximum absolute atomic E-state index is 11.4. The van der Waals surface area contributed by atoms with Crippen LogP contribution in [0.25, 0.3) is 11.0 Å². The van der Waals surface area contributed by atoms with E-state index in [1.54, 1.807) is 0 Å². The minimum absolute atomic E-state index is 0.205. The lowest BCUT2D eigenvalue weighted by molar-refractivity contribution is -0.144. The summed E-state index contributed by atoms with van der Waals surface area (Å²) in [7, 11) is 2.02. The van der Waals surface area contributed by atoms with Crippen LogP contribution in [0, 0.1) is 11.8 Å². The third-order valence-corrected chi connectivity index (χ3v) is 4.55. The molecular formula is C16H20N2O2. The van der Waals surface area contributed by atoms with Crippen molar-refractivity contribution in [3.05, 3.63) is 30.1 Å². The van der Waals surface area contributed by atoms with Crippen molar-refractivity contribution in [2.24, 2.45) is 18.9 Å². The Kier molecular flexibility index (Phi) is 3.47. The fraction of sp³-hybridized carbons (Fsp3) is 0.500. The molecule has 106 valence electrons. The largest absolute Gasteiger partial charge is 0.481 e. The lowest BCUT2D eigenvalue weighted by atomic mass is 9.77. The Bertz CT molecular complexity index is 632. The second kappa shape index (κ2) is 5.27. The number of benzene rings is 1. The summed E-state index contributed by atoms with van der Waals surface area (Å²) in [5.41, 5.74) is 2.11. The van der Waals surface area contributed by atoms with Gasteiger partial charge in [0.05, 0.1) is 17.0 Å². The van der Waals surface area contributed by atoms with Crippen molar-refractivity contribution < 1.29 is 9.90 Å². The van der Waals surface area contributed by atoms with Crippen molar-refractivity contribution in [1.29, 1.82) is 0 Å². The Morgan fingerprint density at radius 2 is 2.10 bits per heavy atom. The molecule has 2 atom stereocenters. The smallest absolute Gasteiger partial charge is 0.306 e. The number of aryl methyl sites for hydroxylation is 1. The van der Waals surface area contributed by atoms with Gasteiger partial charge in [-0.15, -0.1) is 0 Å². The van der Waals surface area contributed by atoms with Gasteiger partial charge in [-0.25, -0.2) is 4.98 Å². The molecule has 2 unspecified atom stereocenters. The van der Waals surface area contributed by atoms with Crippen LogP contribution in [0.5, 0.6) is 0 Å². The van der Waals surface area contributed by atoms with E-state index in [2.05, 4.69) is 15.6 Å². The van der Waals surface area contributed by atoms with Crippen LogP contribution in [-0.2, 0) is 18.3 Å². The average molecular weight is 272 g/mol. The maximum atomic E-state index is 11.4. The Labute approximate surface area is 118 Å². The number of carboxylic acids is 1. The number of carbonyl (C=O) groups is 1. The van der Waals surface area contributed by atoms with E-state index in [1.165, 1.54) is 0 Å². The molecule has 0 saturated heterocycles. The highest BCUT2D eigenvalue weighted by molar-refractivity contribution is 5.75. The fourth-order valence-corrected chi connectivity index (χ4v) is 3.39. The summed E-state index contributed by atoms with van der Waals surface area (Å²) < 4.78 is 2.10. The van der Waals surface area contributed by atoms with Gasteiger partial charge in [0, 0.05) is 13.5 Å². The zero-order valence-corrected chi connectivity index (χ0v) is 11.7. The minimum Gasteiger partial charge on any atom is -0.481 e. The number of nitrogens with zero attached hydrogens (tertiary/aromatic N) is 2. The second-order valence-corrected chi connectivity index (χ2v) is 5.77. The highest BCUT2D eigenvalue weighted by Gasteiger charge is 2.31. The average Bonchev–Trinajstić information content (AvgIpc) is 2.76. The highest BCUT2D eigenvalue weighted by atomic mass is 16.4. The molecule has 0 spiro atoms. The standard InChI is InChI=1S/C16H20N2O2/c1-18-14-9-5-4-8-13(14)17-15(18)10-11-6-2-3-7-12(11)16(19)20/h4-5,8-9,11-12H,2-3,6-7,10H2,1H3,(H,19,20). The van der Waals surface area contributed by atoms with Gasteiger partial charge < -0.3 is 9.67 Å². The number of hydrogen-bond donors (Lipinski definition) is 1. The molecule has 1 aliphatic rings. The molecule has 2 aromatic rings. The van der Waals surface area contributed by atoms with Gasteiger partial charge in [-0.1, -0.05) is 25.0 Å². The van der Waals surface area contributed by atoms with Crippen LogP contribution in [-0.4, -0.2) is 20.6 Å². The van der Waals surface area contributed by atoms with Gasteiger partial charge in [-0.2, -0.15) is 0 Å². The van der Waals surface area contributed by atoms with Crippen LogP contribution in [0.3, 0.4) is 0 Å². The molecule has 4 nitrogen and oxygen atoms in total. The number of para-hydroxylation sites is 2. The number of carboxylic acid groups (broad SMARTS) is 1. The van der Waals surface area contributed by atoms with Gasteiger partial charge in [-0.05, 0) is 30.9 Å². The number of aromatic nitrogens is 2. The van der Waals surface area contributed by atoms with E-state index < -0.39 is 5.97 Å². The Morgan fingerprint density at radius 3 is 2.85 bits per heavy atom. The van der Waals surface area contributed by atoms with Crippen molar-refractivity contribution in [3.63, 3.8) is 0 Å². The van der Waals surface area contributed by atoms with Crippen LogP contribution in [0.4, 0.5) is 0 Å². The lowest BCUT2D eigenvalue weighted by Crippen LogP contribution is -2.29. The molecule has 4 heteroatoms. The summed E-state index contributed by atoms with van der Waals surface area (Å²) >= 11 is 0. The van der Waals surface area contributed by atoms with E-state index in [4.69, 9.17) is 0 Å². The normalized spacial score (nSPS) is 23.1. The summed E-state index contributed by atoms with van der Waals surface area (Å²) in [5, 5.41) is 9.37. The second-order valence-electron chi connectivity index (χ2n) is 5.77. The summed E-state index contributed by atoms with van der Waals surface area (Å²) in [6.07, 6.45) is 4.75. The molecule has 0 aliphatic heterocycles. The minimum atomic E-state index is -0.645. The molecule has 1 aromatic heterocycles. The van der Waals surface area contributed by atoms with E-state index in [0.717, 1.165) is 49.0 Å². The molecule has 1 fully saturated rings. The molecule has 20 heavy (non-hydrogen) atoms. The van der Waals surface area contributed by atoms with Crippen molar-refractivity contribution in [1.82, 2.24) is 9.55 Å². The van der Waals surface area contributed by atoms with Gasteiger partial charge in [0.1, 0.15) is 5.82 Å². The Hall–Kier alpha value is -1.84. The summed E-state index contributed by atoms with van der Waals surface area (Å²) in [5.74, 6) is 0.373. The highest BCUT2D eigenvalue weighted by Crippen LogP contribution is 2.33. The van der Waals surface area contributed by atoms with Gasteiger partial charge >= 0.3 is 5.97 Å². The van der Waals surface area contributed by atoms with Crippen LogP contribution in [0.15, 0.2) is 24.3 Å². The van der Waals surface area contributed by atoms with E-state index in [0.29, 0.717) is 0 Å². The van der Waals surface area contributed by atoms with Gasteiger partial charge in [0.15, 0.2) is 0 Å². The van der Waals surface area contributed by atoms with E-state index in [-0.39, 0.29) is 11.8 Å². The van der Waals surface area contributed by atoms with Crippen molar-refractivity contribution in [2.45, 2.75) is 32.1 Å². The summed E-state index contributed by atoms with van der Waals surface area (Å²) in [4.78, 5) is 16.1. The first-order valence-electron chi connectivity index (χ1n) is 7.30. The van der Waals surface area contributed by atoms with Crippen molar-refractivity contribution in [3.8, 4) is 0 Å². The van der Waals surface area contributed by atoms with E-state index in [9.17, 15) is 9.90 Å². The molecule has 0 radical (unpaired) electrons. The van der Waals surface area contributed by atoms with Crippen LogP contribution < -0.4 is 0 Å². The predicted octanol–water partition coefficient (Wildman–Crippen LogP) is 3.01. The van der Waals surface area contributed by atoms with E-state index in [1.807, 2.05) is 25.2 Å². The number of rotatable bonds is 3. The molecular weight excluding hydrogens is 252 g/mol. The SMILES string of the molecule is Cn1c(CC2CCCCC2C(=O)O)nc2ccccc21. The predicted molar refractivity (Wildman–Crippen MR) is 77.5 cm³/mol. The van der Waals surface area contributed by atoms with Gasteiger partial charge in [0.25, 0.3) is 0 Å². The molecule has 0 bridgehead atoms. The lowest BCUT2D eigenvalue weighted by Gasteiger charge is -2.28. The third kappa shape index (κ3) is 2.30. The maximum Gasteiger partial charge on any atom is 0.306 e. The summed E-state index contributed by atoms with van der Waals surface area (Å²) in [6, 6.07) is 8.06. The number of fused-ring (bicyclic) bond motifs is 1. The first-order valence-corrected chi connectivity index (χ1v) is 7.30. The molecule has 1 heterocycles. The van der Waals surface area contributed by atoms with Crippen LogP contribution in [0.2, 0.25) is 0 Å². The van der Waals surface area contributed by atoms with Crippen molar-refractivity contribution in [2.75, 3.05) is 0 Å². The first kappa shape index (κ1) is 13.2. The van der Waals surface area contributed by atoms with Crippen LogP contribution >= 0.6 is 0 Å². The molecule has 1 aromatic carbocycles. The Balaban J connectivity index is 1.88. The zero-order chi connectivity index (χ0) is 14.1. The number of hydrogen-bond acceptors (Lipinski definition) is 2. The quantitative estimate of drug-likeness (QED) is 0.934. The number of imidazole rings is 1. The molecule has 1 saturated carbocycles. The third-order valence-electron chi connectivity index (χ3n) is 4.55.